The third-order valence-corrected chi connectivity index (χ3v) is 3.57. The zero-order chi connectivity index (χ0) is 9.57. The van der Waals surface area contributed by atoms with Gasteiger partial charge in [-0.15, -0.1) is 0 Å². The molecule has 1 aliphatic carbocycles. The smallest absolute Gasteiger partial charge is 0.325 e. The van der Waals surface area contributed by atoms with Gasteiger partial charge in [-0.1, -0.05) is 0 Å². The summed E-state index contributed by atoms with van der Waals surface area (Å²) in [6.45, 7) is 0. The van der Waals surface area contributed by atoms with Crippen LogP contribution in [0.3, 0.4) is 0 Å². The van der Waals surface area contributed by atoms with Crippen LogP contribution in [0.15, 0.2) is 0 Å². The molecule has 0 aromatic carbocycles. The van der Waals surface area contributed by atoms with E-state index in [0.29, 0.717) is 12.8 Å². The molecule has 0 bridgehead atoms. The maximum atomic E-state index is 11.0. The van der Waals surface area contributed by atoms with Crippen LogP contribution in [-0.2, 0) is 14.8 Å². The zero-order valence-electron chi connectivity index (χ0n) is 6.94. The largest absolute Gasteiger partial charge is 0.480 e. The van der Waals surface area contributed by atoms with Crippen molar-refractivity contribution in [3.63, 3.8) is 0 Å². The Balaban J connectivity index is 2.92. The van der Waals surface area contributed by atoms with Gasteiger partial charge in [-0.2, -0.15) is 4.31 Å². The third kappa shape index (κ3) is 1.32. The average molecular weight is 193 g/mol. The van der Waals surface area contributed by atoms with Crippen molar-refractivity contribution in [3.8, 4) is 0 Å². The lowest BCUT2D eigenvalue weighted by atomic mass is 10.3. The molecule has 0 spiro atoms. The molecule has 0 aromatic heterocycles. The summed E-state index contributed by atoms with van der Waals surface area (Å²) in [5.74, 6) is -1.06. The third-order valence-electron chi connectivity index (χ3n) is 2.22. The fourth-order valence-electron chi connectivity index (χ4n) is 1.10. The van der Waals surface area contributed by atoms with Crippen LogP contribution in [0, 0.1) is 0 Å². The first-order chi connectivity index (χ1) is 5.31. The minimum Gasteiger partial charge on any atom is -0.480 e. The summed E-state index contributed by atoms with van der Waals surface area (Å²) >= 11 is 0. The Morgan fingerprint density at radius 2 is 1.92 bits per heavy atom. The molecular weight excluding hydrogens is 182 g/mol. The quantitative estimate of drug-likeness (QED) is 0.655. The molecule has 0 unspecified atom stereocenters. The summed E-state index contributed by atoms with van der Waals surface area (Å²) in [6, 6.07) is 0. The number of hydrogen-bond donors (Lipinski definition) is 1. The van der Waals surface area contributed by atoms with Crippen molar-refractivity contribution < 1.29 is 18.3 Å². The van der Waals surface area contributed by atoms with E-state index in [4.69, 9.17) is 5.11 Å². The number of nitrogens with zero attached hydrogens (tertiary/aromatic N) is 1. The number of carbonyl (C=O) groups is 1. The number of rotatable bonds is 3. The Labute approximate surface area is 71.0 Å². The zero-order valence-corrected chi connectivity index (χ0v) is 7.76. The normalized spacial score (nSPS) is 20.9. The SMILES string of the molecule is CN(C1(C(=O)O)CC1)S(C)(=O)=O. The molecule has 0 amide bonds. The van der Waals surface area contributed by atoms with Gasteiger partial charge in [-0.25, -0.2) is 8.42 Å². The predicted octanol–water partition coefficient (Wildman–Crippen LogP) is -0.505. The fourth-order valence-corrected chi connectivity index (χ4v) is 1.99. The number of hydrogen-bond acceptors (Lipinski definition) is 3. The first-order valence-corrected chi connectivity index (χ1v) is 5.33. The molecule has 0 atom stereocenters. The highest BCUT2D eigenvalue weighted by atomic mass is 32.2. The summed E-state index contributed by atoms with van der Waals surface area (Å²) in [5, 5.41) is 8.73. The van der Waals surface area contributed by atoms with Crippen molar-refractivity contribution in [2.75, 3.05) is 13.3 Å². The van der Waals surface area contributed by atoms with Crippen molar-refractivity contribution in [2.24, 2.45) is 0 Å². The minimum absolute atomic E-state index is 0.409. The molecule has 0 saturated heterocycles. The van der Waals surface area contributed by atoms with E-state index in [1.54, 1.807) is 0 Å². The summed E-state index contributed by atoms with van der Waals surface area (Å²) in [5.41, 5.74) is -1.15. The van der Waals surface area contributed by atoms with Gasteiger partial charge in [0.05, 0.1) is 6.26 Å². The lowest BCUT2D eigenvalue weighted by molar-refractivity contribution is -0.142. The molecule has 5 nitrogen and oxygen atoms in total. The van der Waals surface area contributed by atoms with Gasteiger partial charge in [-0.05, 0) is 12.8 Å². The van der Waals surface area contributed by atoms with Crippen molar-refractivity contribution in [1.82, 2.24) is 4.31 Å². The number of carboxylic acid groups (broad SMARTS) is 1. The van der Waals surface area contributed by atoms with E-state index in [9.17, 15) is 13.2 Å². The second-order valence-corrected chi connectivity index (χ2v) is 5.08. The average Bonchev–Trinajstić information content (AvgIpc) is 2.62. The van der Waals surface area contributed by atoms with Crippen LogP contribution < -0.4 is 0 Å². The summed E-state index contributed by atoms with van der Waals surface area (Å²) in [6.07, 6.45) is 1.83. The van der Waals surface area contributed by atoms with Crippen LogP contribution in [0.5, 0.6) is 0 Å². The molecular formula is C6H11NO4S. The van der Waals surface area contributed by atoms with E-state index in [0.717, 1.165) is 10.6 Å². The molecule has 1 aliphatic rings. The van der Waals surface area contributed by atoms with Gasteiger partial charge in [0.25, 0.3) is 0 Å². The Hall–Kier alpha value is -0.620. The molecule has 1 saturated carbocycles. The van der Waals surface area contributed by atoms with Gasteiger partial charge < -0.3 is 5.11 Å². The lowest BCUT2D eigenvalue weighted by Crippen LogP contribution is -2.43. The maximum Gasteiger partial charge on any atom is 0.325 e. The fraction of sp³-hybridized carbons (Fsp3) is 0.833. The minimum atomic E-state index is -3.39. The Kier molecular flexibility index (Phi) is 1.92. The predicted molar refractivity (Wildman–Crippen MR) is 42.2 cm³/mol. The molecule has 70 valence electrons. The van der Waals surface area contributed by atoms with Crippen molar-refractivity contribution >= 4 is 16.0 Å². The molecule has 1 rings (SSSR count). The van der Waals surface area contributed by atoms with Crippen LogP contribution in [0.4, 0.5) is 0 Å². The van der Waals surface area contributed by atoms with E-state index >= 15 is 0 Å². The molecule has 0 aromatic rings. The maximum absolute atomic E-state index is 11.0. The van der Waals surface area contributed by atoms with Crippen LogP contribution >= 0.6 is 0 Å². The first kappa shape index (κ1) is 9.47. The van der Waals surface area contributed by atoms with Crippen molar-refractivity contribution in [3.05, 3.63) is 0 Å². The van der Waals surface area contributed by atoms with Gasteiger partial charge in [0, 0.05) is 7.05 Å². The standard InChI is InChI=1S/C6H11NO4S/c1-7(12(2,10)11)6(3-4-6)5(8)9/h3-4H2,1-2H3,(H,8,9). The topological polar surface area (TPSA) is 74.7 Å². The van der Waals surface area contributed by atoms with Gasteiger partial charge >= 0.3 is 5.97 Å². The van der Waals surface area contributed by atoms with Gasteiger partial charge in [0.1, 0.15) is 5.54 Å². The summed E-state index contributed by atoms with van der Waals surface area (Å²) < 4.78 is 22.9. The van der Waals surface area contributed by atoms with Crippen molar-refractivity contribution in [2.45, 2.75) is 18.4 Å². The van der Waals surface area contributed by atoms with Crippen LogP contribution in [0.2, 0.25) is 0 Å². The van der Waals surface area contributed by atoms with E-state index in [-0.39, 0.29) is 0 Å². The van der Waals surface area contributed by atoms with Crippen LogP contribution in [0.1, 0.15) is 12.8 Å². The molecule has 12 heavy (non-hydrogen) atoms. The van der Waals surface area contributed by atoms with Gasteiger partial charge in [0.15, 0.2) is 0 Å². The Morgan fingerprint density at radius 3 is 2.00 bits per heavy atom. The van der Waals surface area contributed by atoms with Gasteiger partial charge in [-0.3, -0.25) is 4.79 Å². The molecule has 1 N–H and O–H groups in total. The molecule has 6 heteroatoms. The highest BCUT2D eigenvalue weighted by Crippen LogP contribution is 2.42. The Morgan fingerprint density at radius 1 is 1.50 bits per heavy atom. The second kappa shape index (κ2) is 2.43. The summed E-state index contributed by atoms with van der Waals surface area (Å²) in [7, 11) is -2.09. The highest BCUT2D eigenvalue weighted by Gasteiger charge is 2.56. The Bertz CT molecular complexity index is 304. The van der Waals surface area contributed by atoms with Crippen LogP contribution in [-0.4, -0.2) is 42.6 Å². The van der Waals surface area contributed by atoms with Crippen LogP contribution in [0.25, 0.3) is 0 Å². The number of likely N-dealkylation sites (N-methyl/N-ethyl adjacent to an activating group) is 1. The molecule has 0 heterocycles. The molecule has 1 fully saturated rings. The lowest BCUT2D eigenvalue weighted by Gasteiger charge is -2.21. The monoisotopic (exact) mass is 193 g/mol. The number of aliphatic carboxylic acids is 1. The first-order valence-electron chi connectivity index (χ1n) is 3.48. The van der Waals surface area contributed by atoms with Crippen molar-refractivity contribution in [1.29, 1.82) is 0 Å². The number of carboxylic acids is 1. The van der Waals surface area contributed by atoms with E-state index in [1.165, 1.54) is 7.05 Å². The second-order valence-electron chi connectivity index (χ2n) is 3.07. The van der Waals surface area contributed by atoms with E-state index in [2.05, 4.69) is 0 Å². The van der Waals surface area contributed by atoms with Gasteiger partial charge in [0.2, 0.25) is 10.0 Å². The number of sulfonamides is 1. The van der Waals surface area contributed by atoms with E-state index < -0.39 is 21.5 Å². The molecule has 0 aliphatic heterocycles. The molecule has 0 radical (unpaired) electrons. The van der Waals surface area contributed by atoms with E-state index in [1.807, 2.05) is 0 Å². The highest BCUT2D eigenvalue weighted by molar-refractivity contribution is 7.88. The summed E-state index contributed by atoms with van der Waals surface area (Å²) in [4.78, 5) is 10.7.